The lowest BCUT2D eigenvalue weighted by Crippen LogP contribution is -2.44. The van der Waals surface area contributed by atoms with E-state index in [1.807, 2.05) is 18.3 Å². The monoisotopic (exact) mass is 290 g/mol. The molecule has 3 heterocycles. The molecule has 2 N–H and O–H groups in total. The molecule has 1 aromatic heterocycles. The summed E-state index contributed by atoms with van der Waals surface area (Å²) in [7, 11) is 0. The zero-order valence-corrected chi connectivity index (χ0v) is 12.2. The molecule has 3 rings (SSSR count). The Morgan fingerprint density at radius 2 is 2.19 bits per heavy atom. The Bertz CT molecular complexity index is 467. The standard InChI is InChI=1S/C15H22N4O2/c20-15(7-13-8-16-9-13)18-11-12-1-2-14(17-10-12)19-3-5-21-6-4-19/h1-2,10,13,16H,3-9,11H2,(H,18,20). The molecular weight excluding hydrogens is 268 g/mol. The molecule has 114 valence electrons. The highest BCUT2D eigenvalue weighted by atomic mass is 16.5. The first kappa shape index (κ1) is 14.3. The Kier molecular flexibility index (Phi) is 4.67. The quantitative estimate of drug-likeness (QED) is 0.808. The van der Waals surface area contributed by atoms with E-state index in [2.05, 4.69) is 20.5 Å². The number of aromatic nitrogens is 1. The third-order valence-electron chi connectivity index (χ3n) is 3.97. The van der Waals surface area contributed by atoms with E-state index in [0.717, 1.165) is 50.8 Å². The van der Waals surface area contributed by atoms with Crippen molar-refractivity contribution >= 4 is 11.7 Å². The molecule has 0 aliphatic carbocycles. The summed E-state index contributed by atoms with van der Waals surface area (Å²) >= 11 is 0. The molecule has 0 unspecified atom stereocenters. The molecule has 21 heavy (non-hydrogen) atoms. The summed E-state index contributed by atoms with van der Waals surface area (Å²) in [5.74, 6) is 1.61. The maximum atomic E-state index is 11.8. The number of ether oxygens (including phenoxy) is 1. The van der Waals surface area contributed by atoms with Crippen LogP contribution >= 0.6 is 0 Å². The maximum absolute atomic E-state index is 11.8. The molecule has 0 saturated carbocycles. The first-order valence-corrected chi connectivity index (χ1v) is 7.56. The highest BCUT2D eigenvalue weighted by molar-refractivity contribution is 5.76. The topological polar surface area (TPSA) is 66.5 Å². The van der Waals surface area contributed by atoms with E-state index in [-0.39, 0.29) is 5.91 Å². The summed E-state index contributed by atoms with van der Waals surface area (Å²) < 4.78 is 5.33. The van der Waals surface area contributed by atoms with E-state index in [0.29, 0.717) is 18.9 Å². The summed E-state index contributed by atoms with van der Waals surface area (Å²) in [6.07, 6.45) is 2.46. The molecule has 2 fully saturated rings. The van der Waals surface area contributed by atoms with Crippen molar-refractivity contribution < 1.29 is 9.53 Å². The summed E-state index contributed by atoms with van der Waals surface area (Å²) in [5, 5.41) is 6.13. The Balaban J connectivity index is 1.46. The van der Waals surface area contributed by atoms with Crippen LogP contribution in [0.2, 0.25) is 0 Å². The zero-order chi connectivity index (χ0) is 14.5. The van der Waals surface area contributed by atoms with E-state index in [4.69, 9.17) is 4.74 Å². The van der Waals surface area contributed by atoms with Gasteiger partial charge in [0.25, 0.3) is 0 Å². The van der Waals surface area contributed by atoms with Crippen molar-refractivity contribution in [3.8, 4) is 0 Å². The molecule has 0 spiro atoms. The Morgan fingerprint density at radius 1 is 1.38 bits per heavy atom. The van der Waals surface area contributed by atoms with E-state index < -0.39 is 0 Å². The molecule has 0 aromatic carbocycles. The van der Waals surface area contributed by atoms with Gasteiger partial charge in [-0.3, -0.25) is 4.79 Å². The van der Waals surface area contributed by atoms with Gasteiger partial charge in [-0.1, -0.05) is 6.07 Å². The normalized spacial score (nSPS) is 19.1. The van der Waals surface area contributed by atoms with Crippen LogP contribution in [0.5, 0.6) is 0 Å². The number of anilines is 1. The maximum Gasteiger partial charge on any atom is 0.220 e. The second kappa shape index (κ2) is 6.87. The lowest BCUT2D eigenvalue weighted by molar-refractivity contribution is -0.122. The Morgan fingerprint density at radius 3 is 2.81 bits per heavy atom. The molecule has 1 amide bonds. The Hall–Kier alpha value is -1.66. The number of carbonyl (C=O) groups is 1. The van der Waals surface area contributed by atoms with Crippen molar-refractivity contribution in [2.45, 2.75) is 13.0 Å². The van der Waals surface area contributed by atoms with Crippen LogP contribution in [0, 0.1) is 5.92 Å². The smallest absolute Gasteiger partial charge is 0.220 e. The number of hydrogen-bond donors (Lipinski definition) is 2. The van der Waals surface area contributed by atoms with Gasteiger partial charge < -0.3 is 20.3 Å². The molecular formula is C15H22N4O2. The van der Waals surface area contributed by atoms with Crippen molar-refractivity contribution in [2.75, 3.05) is 44.3 Å². The number of nitrogens with zero attached hydrogens (tertiary/aromatic N) is 2. The predicted octanol–water partition coefficient (Wildman–Crippen LogP) is 0.144. The average Bonchev–Trinajstić information content (AvgIpc) is 2.50. The van der Waals surface area contributed by atoms with Crippen LogP contribution in [0.3, 0.4) is 0 Å². The summed E-state index contributed by atoms with van der Waals surface area (Å²) in [5.41, 5.74) is 1.03. The third-order valence-corrected chi connectivity index (χ3v) is 3.97. The van der Waals surface area contributed by atoms with Crippen LogP contribution in [-0.4, -0.2) is 50.3 Å². The second-order valence-corrected chi connectivity index (χ2v) is 5.63. The van der Waals surface area contributed by atoms with Gasteiger partial charge in [-0.05, 0) is 30.6 Å². The minimum Gasteiger partial charge on any atom is -0.378 e. The highest BCUT2D eigenvalue weighted by Gasteiger charge is 2.19. The molecule has 0 bridgehead atoms. The van der Waals surface area contributed by atoms with Gasteiger partial charge in [0.05, 0.1) is 13.2 Å². The molecule has 2 saturated heterocycles. The predicted molar refractivity (Wildman–Crippen MR) is 80.1 cm³/mol. The van der Waals surface area contributed by atoms with E-state index in [1.54, 1.807) is 0 Å². The summed E-state index contributed by atoms with van der Waals surface area (Å²) in [6, 6.07) is 4.05. The summed E-state index contributed by atoms with van der Waals surface area (Å²) in [4.78, 5) is 18.4. The van der Waals surface area contributed by atoms with Gasteiger partial charge in [0.15, 0.2) is 0 Å². The molecule has 6 nitrogen and oxygen atoms in total. The molecule has 1 aromatic rings. The van der Waals surface area contributed by atoms with Gasteiger partial charge in [0.1, 0.15) is 5.82 Å². The van der Waals surface area contributed by atoms with Gasteiger partial charge >= 0.3 is 0 Å². The highest BCUT2D eigenvalue weighted by Crippen LogP contribution is 2.13. The molecule has 2 aliphatic rings. The first-order chi connectivity index (χ1) is 10.3. The number of nitrogens with one attached hydrogen (secondary N) is 2. The first-order valence-electron chi connectivity index (χ1n) is 7.56. The third kappa shape index (κ3) is 3.92. The van der Waals surface area contributed by atoms with Gasteiger partial charge in [-0.15, -0.1) is 0 Å². The Labute approximate surface area is 124 Å². The fraction of sp³-hybridized carbons (Fsp3) is 0.600. The fourth-order valence-corrected chi connectivity index (χ4v) is 2.53. The largest absolute Gasteiger partial charge is 0.378 e. The van der Waals surface area contributed by atoms with Crippen molar-refractivity contribution in [2.24, 2.45) is 5.92 Å². The van der Waals surface area contributed by atoms with Crippen LogP contribution in [0.25, 0.3) is 0 Å². The molecule has 0 atom stereocenters. The number of hydrogen-bond acceptors (Lipinski definition) is 5. The van der Waals surface area contributed by atoms with E-state index in [1.165, 1.54) is 0 Å². The SMILES string of the molecule is O=C(CC1CNC1)NCc1ccc(N2CCOCC2)nc1. The van der Waals surface area contributed by atoms with Crippen LogP contribution in [0.4, 0.5) is 5.82 Å². The van der Waals surface area contributed by atoms with Crippen LogP contribution < -0.4 is 15.5 Å². The minimum absolute atomic E-state index is 0.124. The number of carbonyl (C=O) groups excluding carboxylic acids is 1. The zero-order valence-electron chi connectivity index (χ0n) is 12.2. The molecule has 6 heteroatoms. The fourth-order valence-electron chi connectivity index (χ4n) is 2.53. The van der Waals surface area contributed by atoms with Gasteiger partial charge in [-0.25, -0.2) is 4.98 Å². The van der Waals surface area contributed by atoms with Gasteiger partial charge in [-0.2, -0.15) is 0 Å². The number of morpholine rings is 1. The summed E-state index contributed by atoms with van der Waals surface area (Å²) in [6.45, 7) is 5.77. The van der Waals surface area contributed by atoms with Crippen molar-refractivity contribution in [3.05, 3.63) is 23.9 Å². The van der Waals surface area contributed by atoms with Crippen molar-refractivity contribution in [1.82, 2.24) is 15.6 Å². The molecule has 2 aliphatic heterocycles. The second-order valence-electron chi connectivity index (χ2n) is 5.63. The van der Waals surface area contributed by atoms with E-state index >= 15 is 0 Å². The molecule has 0 radical (unpaired) electrons. The van der Waals surface area contributed by atoms with Gasteiger partial charge in [0.2, 0.25) is 5.91 Å². The number of pyridine rings is 1. The number of amides is 1. The van der Waals surface area contributed by atoms with Crippen LogP contribution in [-0.2, 0) is 16.1 Å². The minimum atomic E-state index is 0.124. The lowest BCUT2D eigenvalue weighted by atomic mass is 9.99. The van der Waals surface area contributed by atoms with Gasteiger partial charge in [0, 0.05) is 32.3 Å². The van der Waals surface area contributed by atoms with Crippen LogP contribution in [0.1, 0.15) is 12.0 Å². The average molecular weight is 290 g/mol. The number of rotatable bonds is 5. The lowest BCUT2D eigenvalue weighted by Gasteiger charge is -2.27. The van der Waals surface area contributed by atoms with Crippen molar-refractivity contribution in [3.63, 3.8) is 0 Å². The van der Waals surface area contributed by atoms with Crippen molar-refractivity contribution in [1.29, 1.82) is 0 Å². The van der Waals surface area contributed by atoms with Crippen LogP contribution in [0.15, 0.2) is 18.3 Å². The van der Waals surface area contributed by atoms with E-state index in [9.17, 15) is 4.79 Å².